The lowest BCUT2D eigenvalue weighted by atomic mass is 9.82. The zero-order valence-electron chi connectivity index (χ0n) is 21.7. The number of pyridine rings is 2. The Hall–Kier alpha value is -4.90. The number of rotatable bonds is 7. The quantitative estimate of drug-likeness (QED) is 0.277. The van der Waals surface area contributed by atoms with Crippen LogP contribution in [0.3, 0.4) is 0 Å². The minimum absolute atomic E-state index is 0.0328. The van der Waals surface area contributed by atoms with Crippen molar-refractivity contribution < 1.29 is 28.6 Å². The number of aliphatic hydroxyl groups is 1. The lowest BCUT2D eigenvalue weighted by Gasteiger charge is -2.26. The Morgan fingerprint density at radius 2 is 1.88 bits per heavy atom. The van der Waals surface area contributed by atoms with Crippen LogP contribution in [0.15, 0.2) is 60.8 Å². The van der Waals surface area contributed by atoms with E-state index in [1.165, 1.54) is 49.5 Å². The Morgan fingerprint density at radius 1 is 1.15 bits per heavy atom. The third-order valence-electron chi connectivity index (χ3n) is 7.11. The van der Waals surface area contributed by atoms with Crippen LogP contribution in [0.2, 0.25) is 0 Å². The molecule has 0 saturated carbocycles. The Kier molecular flexibility index (Phi) is 6.47. The van der Waals surface area contributed by atoms with Gasteiger partial charge in [-0.15, -0.1) is 0 Å². The SMILES string of the molecule is C[C@](O)(CNC(=O)c1cc(C(N)=O)c2ncccc2c1)c1cc2c(c(-c3ccc(F)cc3)n1)OC[C@]2(C)C(N)=O. The molecule has 2 atom stereocenters. The molecule has 2 aromatic carbocycles. The second kappa shape index (κ2) is 9.69. The molecule has 3 amide bonds. The van der Waals surface area contributed by atoms with Gasteiger partial charge in [-0.2, -0.15) is 0 Å². The Morgan fingerprint density at radius 3 is 2.55 bits per heavy atom. The smallest absolute Gasteiger partial charge is 0.251 e. The van der Waals surface area contributed by atoms with Crippen molar-refractivity contribution in [2.75, 3.05) is 13.2 Å². The average molecular weight is 544 g/mol. The molecule has 5 rings (SSSR count). The molecule has 40 heavy (non-hydrogen) atoms. The molecule has 1 aliphatic rings. The van der Waals surface area contributed by atoms with Crippen LogP contribution in [0.4, 0.5) is 4.39 Å². The maximum Gasteiger partial charge on any atom is 0.251 e. The van der Waals surface area contributed by atoms with Crippen molar-refractivity contribution in [3.8, 4) is 17.0 Å². The van der Waals surface area contributed by atoms with Crippen molar-refractivity contribution >= 4 is 28.6 Å². The van der Waals surface area contributed by atoms with Crippen molar-refractivity contribution in [1.82, 2.24) is 15.3 Å². The Labute approximate surface area is 228 Å². The number of nitrogens with one attached hydrogen (secondary N) is 1. The van der Waals surface area contributed by atoms with Gasteiger partial charge in [-0.1, -0.05) is 6.07 Å². The molecular formula is C29H26FN5O5. The van der Waals surface area contributed by atoms with E-state index in [9.17, 15) is 23.9 Å². The van der Waals surface area contributed by atoms with Crippen LogP contribution in [-0.4, -0.2) is 45.9 Å². The second-order valence-corrected chi connectivity index (χ2v) is 10.1. The molecule has 204 valence electrons. The van der Waals surface area contributed by atoms with E-state index >= 15 is 0 Å². The number of hydrogen-bond acceptors (Lipinski definition) is 7. The second-order valence-electron chi connectivity index (χ2n) is 10.1. The van der Waals surface area contributed by atoms with Gasteiger partial charge in [-0.25, -0.2) is 9.37 Å². The number of ether oxygens (including phenoxy) is 1. The first-order chi connectivity index (χ1) is 18.9. The first-order valence-electron chi connectivity index (χ1n) is 12.3. The van der Waals surface area contributed by atoms with Gasteiger partial charge < -0.3 is 26.6 Å². The first kappa shape index (κ1) is 26.7. The summed E-state index contributed by atoms with van der Waals surface area (Å²) in [6.45, 7) is 2.76. The highest BCUT2D eigenvalue weighted by molar-refractivity contribution is 6.08. The number of aromatic nitrogens is 2. The van der Waals surface area contributed by atoms with Gasteiger partial charge in [-0.05, 0) is 62.4 Å². The van der Waals surface area contributed by atoms with Crippen molar-refractivity contribution in [2.45, 2.75) is 24.9 Å². The molecule has 0 spiro atoms. The summed E-state index contributed by atoms with van der Waals surface area (Å²) in [5.41, 5.74) is 10.2. The predicted octanol–water partition coefficient (Wildman–Crippen LogP) is 2.31. The van der Waals surface area contributed by atoms with Crippen molar-refractivity contribution in [3.05, 3.63) is 89.0 Å². The number of benzene rings is 2. The van der Waals surface area contributed by atoms with E-state index in [1.807, 2.05) is 0 Å². The van der Waals surface area contributed by atoms with Crippen LogP contribution < -0.4 is 21.5 Å². The summed E-state index contributed by atoms with van der Waals surface area (Å²) in [6.07, 6.45) is 1.52. The number of halogens is 1. The normalized spacial score (nSPS) is 17.5. The highest BCUT2D eigenvalue weighted by Crippen LogP contribution is 2.45. The zero-order valence-corrected chi connectivity index (χ0v) is 21.7. The molecular weight excluding hydrogens is 517 g/mol. The van der Waals surface area contributed by atoms with Gasteiger partial charge in [-0.3, -0.25) is 19.4 Å². The van der Waals surface area contributed by atoms with E-state index < -0.39 is 34.6 Å². The average Bonchev–Trinajstić information content (AvgIpc) is 3.29. The molecule has 0 radical (unpaired) electrons. The lowest BCUT2D eigenvalue weighted by Crippen LogP contribution is -2.41. The molecule has 6 N–H and O–H groups in total. The van der Waals surface area contributed by atoms with Gasteiger partial charge in [0.2, 0.25) is 5.91 Å². The monoisotopic (exact) mass is 543 g/mol. The standard InChI is InChI=1S/C29H26FN5O5/c1-28(27(32)38)14-40-24-20(28)12-21(35-23(24)15-5-7-18(30)8-6-15)29(2,39)13-34-26(37)17-10-16-4-3-9-33-22(16)19(11-17)25(31)36/h3-12,39H,13-14H2,1-2H3,(H2,31,36)(H2,32,38)(H,34,37)/t28-,29-/m0/s1. The molecule has 11 heteroatoms. The molecule has 2 aromatic heterocycles. The molecule has 0 saturated heterocycles. The fourth-order valence-corrected chi connectivity index (χ4v) is 4.62. The maximum atomic E-state index is 13.6. The van der Waals surface area contributed by atoms with Crippen LogP contribution in [0.1, 0.15) is 45.8 Å². The minimum atomic E-state index is -1.73. The number of nitrogens with two attached hydrogens (primary N) is 2. The van der Waals surface area contributed by atoms with Gasteiger partial charge in [0, 0.05) is 28.3 Å². The molecule has 3 heterocycles. The summed E-state index contributed by atoms with van der Waals surface area (Å²) >= 11 is 0. The molecule has 0 bridgehead atoms. The van der Waals surface area contributed by atoms with Gasteiger partial charge in [0.15, 0.2) is 0 Å². The van der Waals surface area contributed by atoms with Crippen LogP contribution in [0, 0.1) is 5.82 Å². The first-order valence-corrected chi connectivity index (χ1v) is 12.3. The van der Waals surface area contributed by atoms with Crippen LogP contribution >= 0.6 is 0 Å². The summed E-state index contributed by atoms with van der Waals surface area (Å²) in [6, 6.07) is 13.3. The zero-order chi connectivity index (χ0) is 28.8. The third-order valence-corrected chi connectivity index (χ3v) is 7.11. The largest absolute Gasteiger partial charge is 0.489 e. The van der Waals surface area contributed by atoms with E-state index in [0.717, 1.165) is 0 Å². The number of amides is 3. The van der Waals surface area contributed by atoms with Crippen LogP contribution in [0.5, 0.6) is 5.75 Å². The Bertz CT molecular complexity index is 1690. The van der Waals surface area contributed by atoms with E-state index in [-0.39, 0.29) is 35.7 Å². The minimum Gasteiger partial charge on any atom is -0.489 e. The lowest BCUT2D eigenvalue weighted by molar-refractivity contribution is -0.123. The topological polar surface area (TPSA) is 171 Å². The summed E-state index contributed by atoms with van der Waals surface area (Å²) in [7, 11) is 0. The summed E-state index contributed by atoms with van der Waals surface area (Å²) < 4.78 is 19.5. The summed E-state index contributed by atoms with van der Waals surface area (Å²) in [5.74, 6) is -2.07. The maximum absolute atomic E-state index is 13.6. The molecule has 0 fully saturated rings. The van der Waals surface area contributed by atoms with Gasteiger partial charge >= 0.3 is 0 Å². The fourth-order valence-electron chi connectivity index (χ4n) is 4.62. The molecule has 4 aromatic rings. The van der Waals surface area contributed by atoms with Gasteiger partial charge in [0.25, 0.3) is 11.8 Å². The van der Waals surface area contributed by atoms with Gasteiger partial charge in [0.05, 0.1) is 23.3 Å². The number of nitrogens with zero attached hydrogens (tertiary/aromatic N) is 2. The number of fused-ring (bicyclic) bond motifs is 2. The summed E-state index contributed by atoms with van der Waals surface area (Å²) in [5, 5.41) is 14.7. The van der Waals surface area contributed by atoms with E-state index in [4.69, 9.17) is 16.2 Å². The number of primary amides is 2. The van der Waals surface area contributed by atoms with E-state index in [2.05, 4.69) is 15.3 Å². The number of carbonyl (C=O) groups excluding carboxylic acids is 3. The van der Waals surface area contributed by atoms with Crippen molar-refractivity contribution in [3.63, 3.8) is 0 Å². The van der Waals surface area contributed by atoms with E-state index in [1.54, 1.807) is 25.1 Å². The molecule has 10 nitrogen and oxygen atoms in total. The molecule has 0 aliphatic carbocycles. The third kappa shape index (κ3) is 4.60. The highest BCUT2D eigenvalue weighted by Gasteiger charge is 2.45. The van der Waals surface area contributed by atoms with Gasteiger partial charge in [0.1, 0.15) is 34.9 Å². The number of hydrogen-bond donors (Lipinski definition) is 4. The van der Waals surface area contributed by atoms with Crippen LogP contribution in [0.25, 0.3) is 22.2 Å². The van der Waals surface area contributed by atoms with Crippen molar-refractivity contribution in [1.29, 1.82) is 0 Å². The Balaban J connectivity index is 1.50. The highest BCUT2D eigenvalue weighted by atomic mass is 19.1. The fraction of sp³-hybridized carbons (Fsp3) is 0.207. The van der Waals surface area contributed by atoms with Crippen LogP contribution in [-0.2, 0) is 15.8 Å². The predicted molar refractivity (Wildman–Crippen MR) is 144 cm³/mol. The molecule has 1 aliphatic heterocycles. The summed E-state index contributed by atoms with van der Waals surface area (Å²) in [4.78, 5) is 46.3. The van der Waals surface area contributed by atoms with Crippen molar-refractivity contribution in [2.24, 2.45) is 11.5 Å². The van der Waals surface area contributed by atoms with E-state index in [0.29, 0.717) is 27.8 Å². The number of carbonyl (C=O) groups is 3. The molecule has 0 unspecified atom stereocenters.